The molecule has 0 unspecified atom stereocenters. The Balaban J connectivity index is 1.64. The first-order chi connectivity index (χ1) is 6.75. The van der Waals surface area contributed by atoms with Gasteiger partial charge in [-0.1, -0.05) is 0 Å². The van der Waals surface area contributed by atoms with E-state index < -0.39 is 6.09 Å². The van der Waals surface area contributed by atoms with E-state index in [-0.39, 0.29) is 0 Å². The number of rotatable bonds is 3. The summed E-state index contributed by atoms with van der Waals surface area (Å²) >= 11 is 0. The van der Waals surface area contributed by atoms with Crippen LogP contribution >= 0.6 is 0 Å². The zero-order chi connectivity index (χ0) is 9.97. The highest BCUT2D eigenvalue weighted by molar-refractivity contribution is 5.65. The Morgan fingerprint density at radius 1 is 1.29 bits per heavy atom. The lowest BCUT2D eigenvalue weighted by Crippen LogP contribution is -2.44. The predicted octanol–water partition coefficient (Wildman–Crippen LogP) is 1.13. The second-order valence-electron chi connectivity index (χ2n) is 4.40. The van der Waals surface area contributed by atoms with Crippen molar-refractivity contribution in [1.82, 2.24) is 10.2 Å². The minimum absolute atomic E-state index is 0.547. The van der Waals surface area contributed by atoms with E-state index >= 15 is 0 Å². The van der Waals surface area contributed by atoms with Gasteiger partial charge in [0.2, 0.25) is 0 Å². The van der Waals surface area contributed by atoms with Crippen molar-refractivity contribution in [2.24, 2.45) is 5.92 Å². The van der Waals surface area contributed by atoms with Crippen molar-refractivity contribution < 1.29 is 9.90 Å². The van der Waals surface area contributed by atoms with Crippen LogP contribution in [0.5, 0.6) is 0 Å². The minimum Gasteiger partial charge on any atom is -0.465 e. The lowest BCUT2D eigenvalue weighted by molar-refractivity contribution is 0.129. The van der Waals surface area contributed by atoms with Gasteiger partial charge in [-0.05, 0) is 38.1 Å². The third kappa shape index (κ3) is 2.61. The van der Waals surface area contributed by atoms with E-state index in [2.05, 4.69) is 5.32 Å². The van der Waals surface area contributed by atoms with Crippen LogP contribution in [0.1, 0.15) is 25.7 Å². The average molecular weight is 198 g/mol. The van der Waals surface area contributed by atoms with Crippen LogP contribution < -0.4 is 5.32 Å². The van der Waals surface area contributed by atoms with Crippen LogP contribution in [0.4, 0.5) is 4.79 Å². The molecule has 2 N–H and O–H groups in total. The molecule has 1 aliphatic heterocycles. The summed E-state index contributed by atoms with van der Waals surface area (Å²) in [6.45, 7) is 2.52. The van der Waals surface area contributed by atoms with E-state index in [0.717, 1.165) is 25.3 Å². The van der Waals surface area contributed by atoms with Gasteiger partial charge in [0, 0.05) is 19.1 Å². The SMILES string of the molecule is O=C(O)N1CCC(NCC2CC2)CC1. The first-order valence-corrected chi connectivity index (χ1v) is 5.47. The Morgan fingerprint density at radius 3 is 2.43 bits per heavy atom. The van der Waals surface area contributed by atoms with Gasteiger partial charge in [-0.2, -0.15) is 0 Å². The Labute approximate surface area is 84.3 Å². The smallest absolute Gasteiger partial charge is 0.407 e. The van der Waals surface area contributed by atoms with Crippen LogP contribution in [0, 0.1) is 5.92 Å². The van der Waals surface area contributed by atoms with Gasteiger partial charge in [-0.15, -0.1) is 0 Å². The van der Waals surface area contributed by atoms with Crippen LogP contribution in [0.25, 0.3) is 0 Å². The van der Waals surface area contributed by atoms with E-state index in [1.165, 1.54) is 17.7 Å². The molecule has 2 aliphatic rings. The van der Waals surface area contributed by atoms with Gasteiger partial charge < -0.3 is 15.3 Å². The molecule has 0 aromatic heterocycles. The molecule has 2 rings (SSSR count). The van der Waals surface area contributed by atoms with Crippen molar-refractivity contribution in [3.8, 4) is 0 Å². The molecule has 4 heteroatoms. The van der Waals surface area contributed by atoms with Crippen LogP contribution in [0.15, 0.2) is 0 Å². The maximum absolute atomic E-state index is 10.6. The molecular formula is C10H18N2O2. The lowest BCUT2D eigenvalue weighted by atomic mass is 10.1. The highest BCUT2D eigenvalue weighted by Crippen LogP contribution is 2.28. The first kappa shape index (κ1) is 9.77. The zero-order valence-electron chi connectivity index (χ0n) is 8.41. The van der Waals surface area contributed by atoms with Crippen molar-refractivity contribution >= 4 is 6.09 Å². The molecule has 2 fully saturated rings. The van der Waals surface area contributed by atoms with Gasteiger partial charge in [0.15, 0.2) is 0 Å². The molecule has 0 atom stereocenters. The normalized spacial score (nSPS) is 23.9. The molecule has 0 aromatic carbocycles. The fraction of sp³-hybridized carbons (Fsp3) is 0.900. The Kier molecular flexibility index (Phi) is 2.91. The van der Waals surface area contributed by atoms with Gasteiger partial charge in [-0.3, -0.25) is 0 Å². The summed E-state index contributed by atoms with van der Waals surface area (Å²) in [6.07, 6.45) is 3.92. The fourth-order valence-corrected chi connectivity index (χ4v) is 1.93. The summed E-state index contributed by atoms with van der Waals surface area (Å²) in [5.41, 5.74) is 0. The monoisotopic (exact) mass is 198 g/mol. The minimum atomic E-state index is -0.773. The molecule has 1 saturated carbocycles. The van der Waals surface area contributed by atoms with Gasteiger partial charge in [-0.25, -0.2) is 4.79 Å². The lowest BCUT2D eigenvalue weighted by Gasteiger charge is -2.30. The molecular weight excluding hydrogens is 180 g/mol. The summed E-state index contributed by atoms with van der Waals surface area (Å²) in [7, 11) is 0. The molecule has 1 aliphatic carbocycles. The number of likely N-dealkylation sites (tertiary alicyclic amines) is 1. The number of carbonyl (C=O) groups is 1. The standard InChI is InChI=1S/C10H18N2O2/c13-10(14)12-5-3-9(4-6-12)11-7-8-1-2-8/h8-9,11H,1-7H2,(H,13,14). The van der Waals surface area contributed by atoms with Gasteiger partial charge in [0.1, 0.15) is 0 Å². The number of carboxylic acid groups (broad SMARTS) is 1. The van der Waals surface area contributed by atoms with E-state index in [4.69, 9.17) is 5.11 Å². The van der Waals surface area contributed by atoms with Gasteiger partial charge in [0.05, 0.1) is 0 Å². The van der Waals surface area contributed by atoms with Crippen molar-refractivity contribution in [1.29, 1.82) is 0 Å². The molecule has 4 nitrogen and oxygen atoms in total. The molecule has 80 valence electrons. The number of hydrogen-bond donors (Lipinski definition) is 2. The number of nitrogens with zero attached hydrogens (tertiary/aromatic N) is 1. The molecule has 0 aromatic rings. The second kappa shape index (κ2) is 4.17. The molecule has 0 radical (unpaired) electrons. The maximum atomic E-state index is 10.6. The molecule has 0 bridgehead atoms. The quantitative estimate of drug-likeness (QED) is 0.714. The topological polar surface area (TPSA) is 52.6 Å². The summed E-state index contributed by atoms with van der Waals surface area (Å²) in [5, 5.41) is 12.3. The van der Waals surface area contributed by atoms with E-state index in [1.807, 2.05) is 0 Å². The Bertz CT molecular complexity index is 208. The first-order valence-electron chi connectivity index (χ1n) is 5.47. The maximum Gasteiger partial charge on any atom is 0.407 e. The third-order valence-corrected chi connectivity index (χ3v) is 3.16. The van der Waals surface area contributed by atoms with Crippen LogP contribution in [0.3, 0.4) is 0 Å². The second-order valence-corrected chi connectivity index (χ2v) is 4.40. The molecule has 1 amide bonds. The fourth-order valence-electron chi connectivity index (χ4n) is 1.93. The van der Waals surface area contributed by atoms with Crippen LogP contribution in [-0.2, 0) is 0 Å². The molecule has 1 saturated heterocycles. The number of nitrogens with one attached hydrogen (secondary N) is 1. The largest absolute Gasteiger partial charge is 0.465 e. The molecule has 0 spiro atoms. The molecule has 14 heavy (non-hydrogen) atoms. The Hall–Kier alpha value is -0.770. The van der Waals surface area contributed by atoms with Gasteiger partial charge in [0.25, 0.3) is 0 Å². The highest BCUT2D eigenvalue weighted by Gasteiger charge is 2.25. The van der Waals surface area contributed by atoms with Crippen molar-refractivity contribution in [2.75, 3.05) is 19.6 Å². The number of piperidine rings is 1. The highest BCUT2D eigenvalue weighted by atomic mass is 16.4. The van der Waals surface area contributed by atoms with Crippen LogP contribution in [-0.4, -0.2) is 41.8 Å². The number of hydrogen-bond acceptors (Lipinski definition) is 2. The van der Waals surface area contributed by atoms with E-state index in [9.17, 15) is 4.79 Å². The van der Waals surface area contributed by atoms with E-state index in [1.54, 1.807) is 0 Å². The third-order valence-electron chi connectivity index (χ3n) is 3.16. The van der Waals surface area contributed by atoms with Crippen molar-refractivity contribution in [3.63, 3.8) is 0 Å². The van der Waals surface area contributed by atoms with Crippen LogP contribution in [0.2, 0.25) is 0 Å². The predicted molar refractivity (Wildman–Crippen MR) is 53.3 cm³/mol. The summed E-state index contributed by atoms with van der Waals surface area (Å²) in [6, 6.07) is 0.547. The summed E-state index contributed by atoms with van der Waals surface area (Å²) in [4.78, 5) is 12.2. The summed E-state index contributed by atoms with van der Waals surface area (Å²) < 4.78 is 0. The average Bonchev–Trinajstić information content (AvgIpc) is 2.99. The Morgan fingerprint density at radius 2 is 1.93 bits per heavy atom. The molecule has 1 heterocycles. The summed E-state index contributed by atoms with van der Waals surface area (Å²) in [5.74, 6) is 0.910. The van der Waals surface area contributed by atoms with Crippen molar-refractivity contribution in [2.45, 2.75) is 31.7 Å². The number of amides is 1. The van der Waals surface area contributed by atoms with E-state index in [0.29, 0.717) is 19.1 Å². The van der Waals surface area contributed by atoms with Gasteiger partial charge >= 0.3 is 6.09 Å². The zero-order valence-corrected chi connectivity index (χ0v) is 8.41. The van der Waals surface area contributed by atoms with Crippen molar-refractivity contribution in [3.05, 3.63) is 0 Å².